The summed E-state index contributed by atoms with van der Waals surface area (Å²) in [7, 11) is 2.09. The maximum absolute atomic E-state index is 3.48. The maximum Gasteiger partial charge on any atom is 0.0328 e. The Morgan fingerprint density at radius 2 is 1.76 bits per heavy atom. The molecule has 0 bridgehead atoms. The van der Waals surface area contributed by atoms with Gasteiger partial charge >= 0.3 is 0 Å². The first-order valence-corrected chi connectivity index (χ1v) is 6.95. The first kappa shape index (κ1) is 11.3. The number of rotatable bonds is 1. The second kappa shape index (κ2) is 3.84. The molecule has 0 radical (unpaired) electrons. The Bertz CT molecular complexity index is 445. The SMILES string of the molecule is CNC1CC(C)(C)c2cc3c(cc21)CCCC3. The van der Waals surface area contributed by atoms with E-state index in [4.69, 9.17) is 0 Å². The van der Waals surface area contributed by atoms with Crippen LogP contribution < -0.4 is 5.32 Å². The molecule has 92 valence electrons. The van der Waals surface area contributed by atoms with Crippen molar-refractivity contribution in [3.8, 4) is 0 Å². The van der Waals surface area contributed by atoms with Crippen LogP contribution in [0.4, 0.5) is 0 Å². The summed E-state index contributed by atoms with van der Waals surface area (Å²) in [6.07, 6.45) is 6.57. The molecule has 0 fully saturated rings. The quantitative estimate of drug-likeness (QED) is 0.777. The molecule has 0 saturated heterocycles. The van der Waals surface area contributed by atoms with E-state index < -0.39 is 0 Å². The summed E-state index contributed by atoms with van der Waals surface area (Å²) in [6, 6.07) is 5.58. The smallest absolute Gasteiger partial charge is 0.0328 e. The van der Waals surface area contributed by atoms with Gasteiger partial charge in [-0.3, -0.25) is 0 Å². The summed E-state index contributed by atoms with van der Waals surface area (Å²) in [4.78, 5) is 0. The van der Waals surface area contributed by atoms with Crippen molar-refractivity contribution < 1.29 is 0 Å². The van der Waals surface area contributed by atoms with Crippen molar-refractivity contribution in [1.82, 2.24) is 5.32 Å². The lowest BCUT2D eigenvalue weighted by molar-refractivity contribution is 0.447. The predicted octanol–water partition coefficient (Wildman–Crippen LogP) is 3.51. The molecule has 0 heterocycles. The minimum Gasteiger partial charge on any atom is -0.313 e. The van der Waals surface area contributed by atoms with Crippen molar-refractivity contribution in [2.75, 3.05) is 7.05 Å². The van der Waals surface area contributed by atoms with Crippen LogP contribution in [-0.4, -0.2) is 7.05 Å². The third kappa shape index (κ3) is 1.72. The fourth-order valence-electron chi connectivity index (χ4n) is 3.67. The Balaban J connectivity index is 2.13. The van der Waals surface area contributed by atoms with E-state index in [1.807, 2.05) is 0 Å². The Hall–Kier alpha value is -0.820. The average Bonchev–Trinajstić information content (AvgIpc) is 2.58. The van der Waals surface area contributed by atoms with Gasteiger partial charge in [-0.15, -0.1) is 0 Å². The van der Waals surface area contributed by atoms with Crippen LogP contribution in [0.15, 0.2) is 12.1 Å². The molecule has 17 heavy (non-hydrogen) atoms. The van der Waals surface area contributed by atoms with Crippen LogP contribution in [0.5, 0.6) is 0 Å². The molecule has 1 atom stereocenters. The highest BCUT2D eigenvalue weighted by Crippen LogP contribution is 2.46. The highest BCUT2D eigenvalue weighted by molar-refractivity contribution is 5.48. The van der Waals surface area contributed by atoms with Crippen molar-refractivity contribution in [1.29, 1.82) is 0 Å². The molecule has 0 aromatic heterocycles. The Labute approximate surface area is 105 Å². The second-order valence-corrected chi connectivity index (χ2v) is 6.34. The zero-order valence-electron chi connectivity index (χ0n) is 11.3. The molecule has 0 aliphatic heterocycles. The van der Waals surface area contributed by atoms with Gasteiger partial charge < -0.3 is 5.32 Å². The van der Waals surface area contributed by atoms with Crippen LogP contribution in [0.1, 0.15) is 61.4 Å². The molecule has 3 rings (SSSR count). The van der Waals surface area contributed by atoms with E-state index in [0.29, 0.717) is 11.5 Å². The lowest BCUT2D eigenvalue weighted by Gasteiger charge is -2.22. The fourth-order valence-corrected chi connectivity index (χ4v) is 3.67. The summed E-state index contributed by atoms with van der Waals surface area (Å²) in [5.41, 5.74) is 6.75. The van der Waals surface area contributed by atoms with E-state index >= 15 is 0 Å². The molecular formula is C16H23N. The molecule has 1 heteroatoms. The van der Waals surface area contributed by atoms with Crippen LogP contribution in [0.2, 0.25) is 0 Å². The van der Waals surface area contributed by atoms with Crippen molar-refractivity contribution in [3.05, 3.63) is 34.4 Å². The first-order valence-electron chi connectivity index (χ1n) is 6.95. The lowest BCUT2D eigenvalue weighted by Crippen LogP contribution is -2.17. The maximum atomic E-state index is 3.48. The fraction of sp³-hybridized carbons (Fsp3) is 0.625. The zero-order chi connectivity index (χ0) is 12.0. The summed E-state index contributed by atoms with van der Waals surface area (Å²) < 4.78 is 0. The number of hydrogen-bond acceptors (Lipinski definition) is 1. The van der Waals surface area contributed by atoms with Gasteiger partial charge in [0.05, 0.1) is 0 Å². The predicted molar refractivity (Wildman–Crippen MR) is 72.5 cm³/mol. The van der Waals surface area contributed by atoms with Gasteiger partial charge in [0, 0.05) is 6.04 Å². The Kier molecular flexibility index (Phi) is 2.55. The van der Waals surface area contributed by atoms with Crippen LogP contribution in [-0.2, 0) is 18.3 Å². The summed E-state index contributed by atoms with van der Waals surface area (Å²) >= 11 is 0. The number of benzene rings is 1. The lowest BCUT2D eigenvalue weighted by atomic mass is 9.82. The van der Waals surface area contributed by atoms with Crippen molar-refractivity contribution in [2.45, 2.75) is 57.4 Å². The van der Waals surface area contributed by atoms with Gasteiger partial charge in [-0.05, 0) is 66.8 Å². The molecule has 1 N–H and O–H groups in total. The largest absolute Gasteiger partial charge is 0.313 e. The topological polar surface area (TPSA) is 12.0 Å². The van der Waals surface area contributed by atoms with Gasteiger partial charge in [0.15, 0.2) is 0 Å². The van der Waals surface area contributed by atoms with E-state index in [2.05, 4.69) is 38.3 Å². The van der Waals surface area contributed by atoms with Crippen LogP contribution in [0, 0.1) is 0 Å². The third-order valence-electron chi connectivity index (χ3n) is 4.68. The number of nitrogens with one attached hydrogen (secondary N) is 1. The molecule has 2 aliphatic carbocycles. The van der Waals surface area contributed by atoms with Crippen LogP contribution in [0.3, 0.4) is 0 Å². The molecular weight excluding hydrogens is 206 g/mol. The first-order chi connectivity index (χ1) is 8.12. The van der Waals surface area contributed by atoms with Gasteiger partial charge in [-0.2, -0.15) is 0 Å². The van der Waals surface area contributed by atoms with E-state index in [1.54, 1.807) is 22.3 Å². The highest BCUT2D eigenvalue weighted by Gasteiger charge is 2.36. The number of aryl methyl sites for hydroxylation is 2. The van der Waals surface area contributed by atoms with Gasteiger partial charge in [0.2, 0.25) is 0 Å². The van der Waals surface area contributed by atoms with E-state index in [-0.39, 0.29) is 0 Å². The molecule has 0 saturated carbocycles. The third-order valence-corrected chi connectivity index (χ3v) is 4.68. The van der Waals surface area contributed by atoms with Crippen molar-refractivity contribution in [2.24, 2.45) is 0 Å². The van der Waals surface area contributed by atoms with Gasteiger partial charge in [0.1, 0.15) is 0 Å². The molecule has 0 amide bonds. The Morgan fingerprint density at radius 1 is 1.12 bits per heavy atom. The van der Waals surface area contributed by atoms with Crippen molar-refractivity contribution >= 4 is 0 Å². The Morgan fingerprint density at radius 3 is 2.41 bits per heavy atom. The second-order valence-electron chi connectivity index (χ2n) is 6.34. The molecule has 2 aliphatic rings. The standard InChI is InChI=1S/C16H23N/c1-16(2)10-15(17-3)13-8-11-6-4-5-7-12(11)9-14(13)16/h8-9,15,17H,4-7,10H2,1-3H3. The molecule has 1 nitrogen and oxygen atoms in total. The minimum atomic E-state index is 0.343. The van der Waals surface area contributed by atoms with E-state index in [0.717, 1.165) is 0 Å². The highest BCUT2D eigenvalue weighted by atomic mass is 14.9. The summed E-state index contributed by atoms with van der Waals surface area (Å²) in [5.74, 6) is 0. The zero-order valence-corrected chi connectivity index (χ0v) is 11.3. The average molecular weight is 229 g/mol. The van der Waals surface area contributed by atoms with E-state index in [9.17, 15) is 0 Å². The normalized spacial score (nSPS) is 25.5. The van der Waals surface area contributed by atoms with Crippen LogP contribution >= 0.6 is 0 Å². The van der Waals surface area contributed by atoms with Gasteiger partial charge in [-0.25, -0.2) is 0 Å². The summed E-state index contributed by atoms with van der Waals surface area (Å²) in [5, 5.41) is 3.48. The molecule has 1 aromatic rings. The van der Waals surface area contributed by atoms with Crippen molar-refractivity contribution in [3.63, 3.8) is 0 Å². The summed E-state index contributed by atoms with van der Waals surface area (Å²) in [6.45, 7) is 4.77. The van der Waals surface area contributed by atoms with Crippen LogP contribution in [0.25, 0.3) is 0 Å². The van der Waals surface area contributed by atoms with E-state index in [1.165, 1.54) is 32.1 Å². The molecule has 0 spiro atoms. The number of hydrogen-bond donors (Lipinski definition) is 1. The molecule has 1 aromatic carbocycles. The monoisotopic (exact) mass is 229 g/mol. The molecule has 1 unspecified atom stereocenters. The number of fused-ring (bicyclic) bond motifs is 2. The van der Waals surface area contributed by atoms with Gasteiger partial charge in [-0.1, -0.05) is 26.0 Å². The van der Waals surface area contributed by atoms with Gasteiger partial charge in [0.25, 0.3) is 0 Å². The minimum absolute atomic E-state index is 0.343.